The number of nitrogens with two attached hydrogens (primary N) is 1. The highest BCUT2D eigenvalue weighted by atomic mass is 16.5. The normalized spacial score (nSPS) is 37.0. The van der Waals surface area contributed by atoms with Crippen molar-refractivity contribution in [3.05, 3.63) is 11.7 Å². The molecule has 2 fully saturated rings. The van der Waals surface area contributed by atoms with Gasteiger partial charge in [-0.25, -0.2) is 0 Å². The molecule has 1 heterocycles. The van der Waals surface area contributed by atoms with E-state index in [0.29, 0.717) is 11.8 Å². The smallest absolute Gasteiger partial charge is 0.231 e. The molecule has 100 valence electrons. The van der Waals surface area contributed by atoms with Crippen LogP contribution in [0.4, 0.5) is 0 Å². The first-order valence-electron chi connectivity index (χ1n) is 7.33. The molecular formula is C14H23N3O. The quantitative estimate of drug-likeness (QED) is 0.875. The zero-order chi connectivity index (χ0) is 12.5. The number of rotatable bonds is 2. The van der Waals surface area contributed by atoms with Crippen LogP contribution in [0.2, 0.25) is 0 Å². The number of aromatic nitrogens is 2. The Hall–Kier alpha value is -0.900. The molecule has 2 unspecified atom stereocenters. The van der Waals surface area contributed by atoms with Crippen molar-refractivity contribution in [2.45, 2.75) is 69.7 Å². The second-order valence-electron chi connectivity index (χ2n) is 6.15. The summed E-state index contributed by atoms with van der Waals surface area (Å²) < 4.78 is 5.46. The first-order chi connectivity index (χ1) is 8.74. The van der Waals surface area contributed by atoms with Gasteiger partial charge >= 0.3 is 0 Å². The monoisotopic (exact) mass is 249 g/mol. The molecule has 0 saturated heterocycles. The van der Waals surface area contributed by atoms with Crippen LogP contribution in [0, 0.1) is 5.92 Å². The van der Waals surface area contributed by atoms with Crippen molar-refractivity contribution in [3.63, 3.8) is 0 Å². The molecule has 2 saturated carbocycles. The van der Waals surface area contributed by atoms with Gasteiger partial charge in [-0.05, 0) is 31.6 Å². The molecule has 18 heavy (non-hydrogen) atoms. The van der Waals surface area contributed by atoms with Crippen LogP contribution in [0.3, 0.4) is 0 Å². The molecule has 2 atom stereocenters. The molecule has 2 N–H and O–H groups in total. The van der Waals surface area contributed by atoms with Crippen molar-refractivity contribution in [2.75, 3.05) is 0 Å². The van der Waals surface area contributed by atoms with E-state index >= 15 is 0 Å². The fourth-order valence-electron chi connectivity index (χ4n) is 3.38. The third kappa shape index (κ3) is 2.30. The van der Waals surface area contributed by atoms with E-state index in [4.69, 9.17) is 10.3 Å². The Kier molecular flexibility index (Phi) is 3.37. The molecule has 0 radical (unpaired) electrons. The molecule has 2 aliphatic carbocycles. The molecule has 0 aliphatic heterocycles. The van der Waals surface area contributed by atoms with Gasteiger partial charge in [-0.15, -0.1) is 0 Å². The van der Waals surface area contributed by atoms with Gasteiger partial charge in [0.2, 0.25) is 5.89 Å². The summed E-state index contributed by atoms with van der Waals surface area (Å²) in [4.78, 5) is 4.63. The summed E-state index contributed by atoms with van der Waals surface area (Å²) in [5, 5.41) is 4.20. The van der Waals surface area contributed by atoms with Crippen molar-refractivity contribution >= 4 is 0 Å². The maximum Gasteiger partial charge on any atom is 0.231 e. The molecule has 0 spiro atoms. The van der Waals surface area contributed by atoms with Crippen molar-refractivity contribution in [2.24, 2.45) is 11.7 Å². The van der Waals surface area contributed by atoms with Gasteiger partial charge < -0.3 is 10.3 Å². The molecular weight excluding hydrogens is 226 g/mol. The summed E-state index contributed by atoms with van der Waals surface area (Å²) in [6.45, 7) is 2.33. The van der Waals surface area contributed by atoms with E-state index in [1.807, 2.05) is 0 Å². The fourth-order valence-corrected chi connectivity index (χ4v) is 3.38. The van der Waals surface area contributed by atoms with E-state index in [1.165, 1.54) is 32.1 Å². The van der Waals surface area contributed by atoms with Crippen LogP contribution in [0.15, 0.2) is 4.52 Å². The van der Waals surface area contributed by atoms with Crippen LogP contribution < -0.4 is 5.73 Å². The maximum absolute atomic E-state index is 6.09. The zero-order valence-corrected chi connectivity index (χ0v) is 11.1. The Morgan fingerprint density at radius 1 is 1.11 bits per heavy atom. The van der Waals surface area contributed by atoms with Gasteiger partial charge in [0.25, 0.3) is 0 Å². The van der Waals surface area contributed by atoms with Gasteiger partial charge in [-0.1, -0.05) is 31.3 Å². The first kappa shape index (κ1) is 12.2. The van der Waals surface area contributed by atoms with Gasteiger partial charge in [0.1, 0.15) is 0 Å². The topological polar surface area (TPSA) is 64.9 Å². The number of hydrogen-bond donors (Lipinski definition) is 1. The summed E-state index contributed by atoms with van der Waals surface area (Å²) in [6, 6.07) is 0.213. The Morgan fingerprint density at radius 2 is 1.89 bits per heavy atom. The maximum atomic E-state index is 6.09. The van der Waals surface area contributed by atoms with Crippen LogP contribution in [0.1, 0.15) is 75.4 Å². The minimum absolute atomic E-state index is 0.213. The highest BCUT2D eigenvalue weighted by molar-refractivity contribution is 5.05. The third-order valence-electron chi connectivity index (χ3n) is 4.73. The van der Waals surface area contributed by atoms with Gasteiger partial charge in [-0.3, -0.25) is 0 Å². The summed E-state index contributed by atoms with van der Waals surface area (Å²) in [5.41, 5.74) is 6.09. The average Bonchev–Trinajstić information content (AvgIpc) is 2.98. The fraction of sp³-hybridized carbons (Fsp3) is 0.857. The minimum atomic E-state index is 0.213. The third-order valence-corrected chi connectivity index (χ3v) is 4.73. The minimum Gasteiger partial charge on any atom is -0.339 e. The van der Waals surface area contributed by atoms with Crippen LogP contribution in [-0.2, 0) is 0 Å². The van der Waals surface area contributed by atoms with Gasteiger partial charge in [0.05, 0.1) is 5.92 Å². The van der Waals surface area contributed by atoms with Crippen LogP contribution in [-0.4, -0.2) is 16.2 Å². The predicted molar refractivity (Wildman–Crippen MR) is 69.2 cm³/mol. The van der Waals surface area contributed by atoms with Crippen molar-refractivity contribution in [1.82, 2.24) is 10.1 Å². The largest absolute Gasteiger partial charge is 0.339 e. The lowest BCUT2D eigenvalue weighted by Crippen LogP contribution is -2.23. The predicted octanol–water partition coefficient (Wildman–Crippen LogP) is 2.96. The van der Waals surface area contributed by atoms with E-state index in [2.05, 4.69) is 17.1 Å². The summed E-state index contributed by atoms with van der Waals surface area (Å²) in [5.74, 6) is 3.38. The molecule has 3 rings (SSSR count). The van der Waals surface area contributed by atoms with E-state index in [1.54, 1.807) is 0 Å². The average molecular weight is 249 g/mol. The second-order valence-corrected chi connectivity index (χ2v) is 6.15. The molecule has 1 aromatic rings. The lowest BCUT2D eigenvalue weighted by molar-refractivity contribution is 0.316. The van der Waals surface area contributed by atoms with Crippen molar-refractivity contribution in [1.29, 1.82) is 0 Å². The SMILES string of the molecule is CC1CCC(c2noc(C3CCCC3N)n2)CC1. The van der Waals surface area contributed by atoms with Gasteiger partial charge in [0, 0.05) is 12.0 Å². The Balaban J connectivity index is 1.69. The Bertz CT molecular complexity index is 395. The molecule has 4 heteroatoms. The lowest BCUT2D eigenvalue weighted by Gasteiger charge is -2.23. The summed E-state index contributed by atoms with van der Waals surface area (Å²) in [6.07, 6.45) is 8.36. The Morgan fingerprint density at radius 3 is 2.56 bits per heavy atom. The van der Waals surface area contributed by atoms with Gasteiger partial charge in [-0.2, -0.15) is 4.98 Å². The second kappa shape index (κ2) is 5.00. The van der Waals surface area contributed by atoms with E-state index in [-0.39, 0.29) is 6.04 Å². The molecule has 0 bridgehead atoms. The first-order valence-corrected chi connectivity index (χ1v) is 7.33. The number of nitrogens with zero attached hydrogens (tertiary/aromatic N) is 2. The van der Waals surface area contributed by atoms with Crippen LogP contribution >= 0.6 is 0 Å². The van der Waals surface area contributed by atoms with Crippen LogP contribution in [0.5, 0.6) is 0 Å². The van der Waals surface area contributed by atoms with E-state index < -0.39 is 0 Å². The highest BCUT2D eigenvalue weighted by Gasteiger charge is 2.31. The Labute approximate surface area is 108 Å². The lowest BCUT2D eigenvalue weighted by atomic mass is 9.83. The molecule has 0 amide bonds. The van der Waals surface area contributed by atoms with Crippen molar-refractivity contribution in [3.8, 4) is 0 Å². The number of hydrogen-bond acceptors (Lipinski definition) is 4. The van der Waals surface area contributed by atoms with Crippen LogP contribution in [0.25, 0.3) is 0 Å². The van der Waals surface area contributed by atoms with Gasteiger partial charge in [0.15, 0.2) is 5.82 Å². The van der Waals surface area contributed by atoms with E-state index in [0.717, 1.165) is 30.5 Å². The van der Waals surface area contributed by atoms with Crippen molar-refractivity contribution < 1.29 is 4.52 Å². The molecule has 2 aliphatic rings. The standard InChI is InChI=1S/C14H23N3O/c1-9-5-7-10(8-6-9)13-16-14(18-17-13)11-3-2-4-12(11)15/h9-12H,2-8,15H2,1H3. The van der Waals surface area contributed by atoms with E-state index in [9.17, 15) is 0 Å². The summed E-state index contributed by atoms with van der Waals surface area (Å²) >= 11 is 0. The summed E-state index contributed by atoms with van der Waals surface area (Å²) in [7, 11) is 0. The molecule has 0 aromatic carbocycles. The molecule has 1 aromatic heterocycles. The molecule has 4 nitrogen and oxygen atoms in total. The highest BCUT2D eigenvalue weighted by Crippen LogP contribution is 2.36. The zero-order valence-electron chi connectivity index (χ0n) is 11.1.